The van der Waals surface area contributed by atoms with Crippen LogP contribution in [0.2, 0.25) is 0 Å². The second-order valence-corrected chi connectivity index (χ2v) is 5.81. The van der Waals surface area contributed by atoms with E-state index in [0.29, 0.717) is 4.91 Å². The standard InChI is InChI=1S/C12H11NO2S2/c1-7(14)11(8(2)15)17-12-13-9-5-3-4-6-10(9)16-12/h3-6,14H,1-2H3/b11-7-. The van der Waals surface area contributed by atoms with E-state index in [4.69, 9.17) is 0 Å². The van der Waals surface area contributed by atoms with Gasteiger partial charge in [0.2, 0.25) is 0 Å². The lowest BCUT2D eigenvalue weighted by molar-refractivity contribution is -0.113. The van der Waals surface area contributed by atoms with Crippen LogP contribution >= 0.6 is 23.1 Å². The van der Waals surface area contributed by atoms with Gasteiger partial charge < -0.3 is 5.11 Å². The zero-order chi connectivity index (χ0) is 12.4. The van der Waals surface area contributed by atoms with Crippen LogP contribution in [0.3, 0.4) is 0 Å². The van der Waals surface area contributed by atoms with Crippen molar-refractivity contribution in [3.8, 4) is 0 Å². The van der Waals surface area contributed by atoms with Gasteiger partial charge in [0, 0.05) is 0 Å². The number of hydrogen-bond donors (Lipinski definition) is 1. The molecule has 3 nitrogen and oxygen atoms in total. The Morgan fingerprint density at radius 3 is 2.65 bits per heavy atom. The Hall–Kier alpha value is -1.33. The number of carbonyl (C=O) groups excluding carboxylic acids is 1. The van der Waals surface area contributed by atoms with Crippen LogP contribution in [0.25, 0.3) is 10.2 Å². The monoisotopic (exact) mass is 265 g/mol. The highest BCUT2D eigenvalue weighted by molar-refractivity contribution is 8.05. The van der Waals surface area contributed by atoms with Crippen molar-refractivity contribution in [2.45, 2.75) is 18.2 Å². The molecule has 88 valence electrons. The number of aromatic nitrogens is 1. The number of allylic oxidation sites excluding steroid dienone is 2. The van der Waals surface area contributed by atoms with E-state index in [2.05, 4.69) is 4.98 Å². The highest BCUT2D eigenvalue weighted by Crippen LogP contribution is 2.34. The van der Waals surface area contributed by atoms with Gasteiger partial charge in [-0.1, -0.05) is 23.9 Å². The second-order valence-electron chi connectivity index (χ2n) is 3.52. The molecule has 0 aliphatic rings. The first-order valence-electron chi connectivity index (χ1n) is 5.02. The number of ketones is 1. The number of fused-ring (bicyclic) bond motifs is 1. The van der Waals surface area contributed by atoms with Crippen molar-refractivity contribution in [1.82, 2.24) is 4.98 Å². The third kappa shape index (κ3) is 2.68. The number of rotatable bonds is 3. The van der Waals surface area contributed by atoms with Crippen LogP contribution in [0, 0.1) is 0 Å². The van der Waals surface area contributed by atoms with Gasteiger partial charge in [0.05, 0.1) is 15.1 Å². The summed E-state index contributed by atoms with van der Waals surface area (Å²) >= 11 is 2.73. The molecule has 0 bridgehead atoms. The molecular formula is C12H11NO2S2. The summed E-state index contributed by atoms with van der Waals surface area (Å²) in [5.74, 6) is -0.101. The summed E-state index contributed by atoms with van der Waals surface area (Å²) in [6.07, 6.45) is 0. The van der Waals surface area contributed by atoms with Crippen molar-refractivity contribution in [3.05, 3.63) is 34.9 Å². The molecule has 5 heteroatoms. The first-order chi connectivity index (χ1) is 8.08. The Morgan fingerprint density at radius 2 is 2.06 bits per heavy atom. The van der Waals surface area contributed by atoms with Gasteiger partial charge in [-0.3, -0.25) is 4.79 Å². The molecule has 0 saturated heterocycles. The molecule has 1 N–H and O–H groups in total. The largest absolute Gasteiger partial charge is 0.511 e. The number of para-hydroxylation sites is 1. The molecular weight excluding hydrogens is 254 g/mol. The molecule has 0 aliphatic carbocycles. The molecule has 0 spiro atoms. The zero-order valence-corrected chi connectivity index (χ0v) is 11.1. The summed E-state index contributed by atoms with van der Waals surface area (Å²) < 4.78 is 1.85. The van der Waals surface area contributed by atoms with Crippen LogP contribution in [-0.2, 0) is 4.79 Å². The third-order valence-corrected chi connectivity index (χ3v) is 4.50. The van der Waals surface area contributed by atoms with Crippen LogP contribution in [0.15, 0.2) is 39.3 Å². The highest BCUT2D eigenvalue weighted by Gasteiger charge is 2.13. The summed E-state index contributed by atoms with van der Waals surface area (Å²) in [4.78, 5) is 16.1. The fourth-order valence-corrected chi connectivity index (χ4v) is 3.38. The van der Waals surface area contributed by atoms with E-state index < -0.39 is 0 Å². The molecule has 2 aromatic rings. The number of thioether (sulfide) groups is 1. The van der Waals surface area contributed by atoms with E-state index in [9.17, 15) is 9.90 Å². The van der Waals surface area contributed by atoms with Crippen LogP contribution in [0.5, 0.6) is 0 Å². The van der Waals surface area contributed by atoms with Gasteiger partial charge in [0.15, 0.2) is 10.1 Å². The molecule has 0 amide bonds. The van der Waals surface area contributed by atoms with Gasteiger partial charge in [-0.05, 0) is 26.0 Å². The Labute approximate surface area is 107 Å². The molecule has 1 heterocycles. The van der Waals surface area contributed by atoms with Gasteiger partial charge in [0.1, 0.15) is 5.76 Å². The van der Waals surface area contributed by atoms with Crippen molar-refractivity contribution >= 4 is 39.1 Å². The SMILES string of the molecule is CC(=O)/C(Sc1nc2ccccc2s1)=C(\C)O. The maximum atomic E-state index is 11.3. The van der Waals surface area contributed by atoms with E-state index in [1.807, 2.05) is 24.3 Å². The van der Waals surface area contributed by atoms with Crippen molar-refractivity contribution < 1.29 is 9.90 Å². The van der Waals surface area contributed by atoms with Crippen molar-refractivity contribution in [3.63, 3.8) is 0 Å². The van der Waals surface area contributed by atoms with Crippen LogP contribution in [0.4, 0.5) is 0 Å². The van der Waals surface area contributed by atoms with Crippen LogP contribution in [0.1, 0.15) is 13.8 Å². The van der Waals surface area contributed by atoms with Gasteiger partial charge in [-0.15, -0.1) is 11.3 Å². The number of thiazole rings is 1. The zero-order valence-electron chi connectivity index (χ0n) is 9.43. The van der Waals surface area contributed by atoms with Crippen LogP contribution < -0.4 is 0 Å². The molecule has 1 aromatic heterocycles. The minimum atomic E-state index is -0.144. The average Bonchev–Trinajstić information content (AvgIpc) is 2.67. The quantitative estimate of drug-likeness (QED) is 0.521. The fraction of sp³-hybridized carbons (Fsp3) is 0.167. The molecule has 17 heavy (non-hydrogen) atoms. The number of aliphatic hydroxyl groups excluding tert-OH is 1. The maximum Gasteiger partial charge on any atom is 0.169 e. The lowest BCUT2D eigenvalue weighted by Crippen LogP contribution is -1.95. The Morgan fingerprint density at radius 1 is 1.35 bits per heavy atom. The van der Waals surface area contributed by atoms with Gasteiger partial charge in [-0.25, -0.2) is 4.98 Å². The second kappa shape index (κ2) is 4.89. The van der Waals surface area contributed by atoms with Gasteiger partial charge >= 0.3 is 0 Å². The van der Waals surface area contributed by atoms with Crippen molar-refractivity contribution in [1.29, 1.82) is 0 Å². The minimum Gasteiger partial charge on any atom is -0.511 e. The third-order valence-electron chi connectivity index (χ3n) is 2.11. The number of Topliss-reactive ketones (excluding diaryl/α,β-unsaturated/α-hetero) is 1. The van der Waals surface area contributed by atoms with E-state index in [0.717, 1.165) is 14.6 Å². The molecule has 0 atom stereocenters. The van der Waals surface area contributed by atoms with Crippen molar-refractivity contribution in [2.75, 3.05) is 0 Å². The van der Waals surface area contributed by atoms with Crippen LogP contribution in [-0.4, -0.2) is 15.9 Å². The Balaban J connectivity index is 2.35. The topological polar surface area (TPSA) is 50.2 Å². The number of aliphatic hydroxyl groups is 1. The normalized spacial score (nSPS) is 12.6. The Bertz CT molecular complexity index is 564. The average molecular weight is 265 g/mol. The van der Waals surface area contributed by atoms with E-state index in [-0.39, 0.29) is 11.5 Å². The summed E-state index contributed by atoms with van der Waals surface area (Å²) in [6.45, 7) is 2.95. The first kappa shape index (κ1) is 12.1. The summed E-state index contributed by atoms with van der Waals surface area (Å²) in [5.41, 5.74) is 0.915. The minimum absolute atomic E-state index is 0.0433. The molecule has 0 unspecified atom stereocenters. The number of nitrogens with zero attached hydrogens (tertiary/aromatic N) is 1. The number of carbonyl (C=O) groups is 1. The summed E-state index contributed by atoms with van der Waals surface area (Å²) in [5, 5.41) is 9.43. The predicted molar refractivity (Wildman–Crippen MR) is 71.5 cm³/mol. The molecule has 0 saturated carbocycles. The van der Waals surface area contributed by atoms with Gasteiger partial charge in [-0.2, -0.15) is 0 Å². The summed E-state index contributed by atoms with van der Waals surface area (Å²) in [6, 6.07) is 7.79. The van der Waals surface area contributed by atoms with Crippen molar-refractivity contribution in [2.24, 2.45) is 0 Å². The van der Waals surface area contributed by atoms with E-state index in [1.54, 1.807) is 0 Å². The van der Waals surface area contributed by atoms with Gasteiger partial charge in [0.25, 0.3) is 0 Å². The molecule has 2 rings (SSSR count). The number of benzene rings is 1. The molecule has 1 aromatic carbocycles. The predicted octanol–water partition coefficient (Wildman–Crippen LogP) is 3.77. The molecule has 0 aliphatic heterocycles. The lowest BCUT2D eigenvalue weighted by atomic mass is 10.3. The molecule has 0 radical (unpaired) electrons. The maximum absolute atomic E-state index is 11.3. The highest BCUT2D eigenvalue weighted by atomic mass is 32.2. The number of hydrogen-bond acceptors (Lipinski definition) is 5. The smallest absolute Gasteiger partial charge is 0.169 e. The van der Waals surface area contributed by atoms with E-state index in [1.165, 1.54) is 36.9 Å². The molecule has 0 fully saturated rings. The lowest BCUT2D eigenvalue weighted by Gasteiger charge is -2.00. The fourth-order valence-electron chi connectivity index (χ4n) is 1.38. The Kier molecular flexibility index (Phi) is 3.49. The first-order valence-corrected chi connectivity index (χ1v) is 6.65. The van der Waals surface area contributed by atoms with E-state index >= 15 is 0 Å². The summed E-state index contributed by atoms with van der Waals surface area (Å²) in [7, 11) is 0.